The molecule has 1 atom stereocenters. The van der Waals surface area contributed by atoms with Gasteiger partial charge in [0.1, 0.15) is 5.75 Å². The molecule has 0 saturated carbocycles. The van der Waals surface area contributed by atoms with Crippen molar-refractivity contribution in [2.75, 3.05) is 11.4 Å². The molecule has 1 aromatic carbocycles. The maximum absolute atomic E-state index is 12.1. The van der Waals surface area contributed by atoms with Crippen LogP contribution in [0, 0.1) is 0 Å². The van der Waals surface area contributed by atoms with Crippen LogP contribution in [0.2, 0.25) is 0 Å². The molecule has 2 aromatic rings. The first-order valence-electron chi connectivity index (χ1n) is 6.76. The summed E-state index contributed by atoms with van der Waals surface area (Å²) in [5, 5.41) is 12.3. The molecule has 1 unspecified atom stereocenters. The Bertz CT molecular complexity index is 729. The third kappa shape index (κ3) is 3.00. The second-order valence-electron chi connectivity index (χ2n) is 4.97. The standard InChI is InChI=1S/C15H14N2O3S2/c1-9(18)22-10-6-14(20)17(7-10)15-16-12(8-21-15)11-4-2-3-5-13(11)19/h2-5,8,10,19H,6-7H2,1H3. The minimum atomic E-state index is -0.0167. The van der Waals surface area contributed by atoms with Gasteiger partial charge in [-0.25, -0.2) is 4.98 Å². The number of carbonyl (C=O) groups excluding carboxylic acids is 2. The molecule has 5 nitrogen and oxygen atoms in total. The van der Waals surface area contributed by atoms with Gasteiger partial charge in [0.25, 0.3) is 0 Å². The van der Waals surface area contributed by atoms with Crippen LogP contribution in [0.1, 0.15) is 13.3 Å². The quantitative estimate of drug-likeness (QED) is 0.934. The number of hydrogen-bond acceptors (Lipinski definition) is 6. The van der Waals surface area contributed by atoms with Crippen molar-refractivity contribution >= 4 is 39.3 Å². The number of phenolic OH excluding ortho intramolecular Hbond substituents is 1. The van der Waals surface area contributed by atoms with Gasteiger partial charge in [0, 0.05) is 36.1 Å². The Hall–Kier alpha value is -1.86. The molecule has 2 heterocycles. The molecular formula is C15H14N2O3S2. The van der Waals surface area contributed by atoms with E-state index in [0.717, 1.165) is 0 Å². The summed E-state index contributed by atoms with van der Waals surface area (Å²) in [6.45, 7) is 2.01. The molecule has 1 aliphatic rings. The third-order valence-electron chi connectivity index (χ3n) is 3.33. The van der Waals surface area contributed by atoms with E-state index in [1.54, 1.807) is 23.1 Å². The van der Waals surface area contributed by atoms with Crippen molar-refractivity contribution in [2.24, 2.45) is 0 Å². The van der Waals surface area contributed by atoms with E-state index in [4.69, 9.17) is 0 Å². The van der Waals surface area contributed by atoms with Gasteiger partial charge in [-0.05, 0) is 12.1 Å². The molecule has 1 fully saturated rings. The maximum Gasteiger partial charge on any atom is 0.230 e. The lowest BCUT2D eigenvalue weighted by Gasteiger charge is -2.12. The first-order chi connectivity index (χ1) is 10.5. The van der Waals surface area contributed by atoms with Gasteiger partial charge in [0.15, 0.2) is 10.2 Å². The highest BCUT2D eigenvalue weighted by molar-refractivity contribution is 8.14. The fourth-order valence-corrected chi connectivity index (χ4v) is 4.15. The Morgan fingerprint density at radius 3 is 2.95 bits per heavy atom. The van der Waals surface area contributed by atoms with Crippen molar-refractivity contribution in [1.82, 2.24) is 4.98 Å². The highest BCUT2D eigenvalue weighted by atomic mass is 32.2. The Balaban J connectivity index is 1.81. The molecule has 1 aliphatic heterocycles. The van der Waals surface area contributed by atoms with Crippen LogP contribution in [0.4, 0.5) is 5.13 Å². The number of amides is 1. The number of aromatic nitrogens is 1. The Morgan fingerprint density at radius 1 is 1.45 bits per heavy atom. The number of nitrogens with zero attached hydrogens (tertiary/aromatic N) is 2. The van der Waals surface area contributed by atoms with E-state index in [1.165, 1.54) is 30.0 Å². The highest BCUT2D eigenvalue weighted by Crippen LogP contribution is 2.35. The van der Waals surface area contributed by atoms with Gasteiger partial charge in [-0.15, -0.1) is 11.3 Å². The topological polar surface area (TPSA) is 70.5 Å². The molecule has 22 heavy (non-hydrogen) atoms. The van der Waals surface area contributed by atoms with Gasteiger partial charge >= 0.3 is 0 Å². The summed E-state index contributed by atoms with van der Waals surface area (Å²) in [7, 11) is 0. The zero-order valence-corrected chi connectivity index (χ0v) is 13.5. The molecule has 0 spiro atoms. The molecular weight excluding hydrogens is 320 g/mol. The van der Waals surface area contributed by atoms with E-state index in [9.17, 15) is 14.7 Å². The Labute approximate surface area is 136 Å². The van der Waals surface area contributed by atoms with Crippen LogP contribution in [-0.2, 0) is 9.59 Å². The zero-order valence-electron chi connectivity index (χ0n) is 11.9. The van der Waals surface area contributed by atoms with Crippen LogP contribution in [0.15, 0.2) is 29.6 Å². The van der Waals surface area contributed by atoms with Crippen LogP contribution < -0.4 is 4.90 Å². The number of benzene rings is 1. The minimum Gasteiger partial charge on any atom is -0.507 e. The third-order valence-corrected chi connectivity index (χ3v) is 5.17. The number of para-hydroxylation sites is 1. The average molecular weight is 334 g/mol. The molecule has 1 N–H and O–H groups in total. The molecule has 1 saturated heterocycles. The van der Waals surface area contributed by atoms with Crippen LogP contribution in [0.25, 0.3) is 11.3 Å². The number of rotatable bonds is 3. The first-order valence-corrected chi connectivity index (χ1v) is 8.52. The van der Waals surface area contributed by atoms with Gasteiger partial charge < -0.3 is 5.11 Å². The number of thiazole rings is 1. The fraction of sp³-hybridized carbons (Fsp3) is 0.267. The van der Waals surface area contributed by atoms with Crippen molar-refractivity contribution in [3.8, 4) is 17.0 Å². The number of anilines is 1. The van der Waals surface area contributed by atoms with Crippen LogP contribution in [-0.4, -0.2) is 32.9 Å². The smallest absolute Gasteiger partial charge is 0.230 e. The second-order valence-corrected chi connectivity index (χ2v) is 7.29. The van der Waals surface area contributed by atoms with E-state index >= 15 is 0 Å². The van der Waals surface area contributed by atoms with Gasteiger partial charge in [-0.3, -0.25) is 14.5 Å². The van der Waals surface area contributed by atoms with Crippen molar-refractivity contribution < 1.29 is 14.7 Å². The maximum atomic E-state index is 12.1. The number of hydrogen-bond donors (Lipinski definition) is 1. The number of carbonyl (C=O) groups is 2. The van der Waals surface area contributed by atoms with E-state index in [1.807, 2.05) is 11.4 Å². The predicted molar refractivity (Wildman–Crippen MR) is 88.2 cm³/mol. The Morgan fingerprint density at radius 2 is 2.23 bits per heavy atom. The van der Waals surface area contributed by atoms with E-state index in [2.05, 4.69) is 4.98 Å². The molecule has 1 amide bonds. The summed E-state index contributed by atoms with van der Waals surface area (Å²) in [4.78, 5) is 29.3. The lowest BCUT2D eigenvalue weighted by molar-refractivity contribution is -0.117. The van der Waals surface area contributed by atoms with Crippen LogP contribution in [0.5, 0.6) is 5.75 Å². The van der Waals surface area contributed by atoms with Crippen molar-refractivity contribution in [1.29, 1.82) is 0 Å². The lowest BCUT2D eigenvalue weighted by Crippen LogP contribution is -2.24. The van der Waals surface area contributed by atoms with Gasteiger partial charge in [-0.1, -0.05) is 23.9 Å². The monoisotopic (exact) mass is 334 g/mol. The first kappa shape index (κ1) is 15.1. The minimum absolute atomic E-state index is 0.0116. The van der Waals surface area contributed by atoms with Crippen molar-refractivity contribution in [3.05, 3.63) is 29.6 Å². The van der Waals surface area contributed by atoms with Crippen molar-refractivity contribution in [3.63, 3.8) is 0 Å². The normalized spacial score (nSPS) is 18.0. The molecule has 0 aliphatic carbocycles. The number of phenols is 1. The summed E-state index contributed by atoms with van der Waals surface area (Å²) < 4.78 is 0. The molecule has 1 aromatic heterocycles. The van der Waals surface area contributed by atoms with Gasteiger partial charge in [0.2, 0.25) is 5.91 Å². The van der Waals surface area contributed by atoms with E-state index < -0.39 is 0 Å². The molecule has 7 heteroatoms. The van der Waals surface area contributed by atoms with Gasteiger partial charge in [-0.2, -0.15) is 0 Å². The summed E-state index contributed by atoms with van der Waals surface area (Å²) >= 11 is 2.57. The van der Waals surface area contributed by atoms with E-state index in [0.29, 0.717) is 29.4 Å². The van der Waals surface area contributed by atoms with Crippen LogP contribution >= 0.6 is 23.1 Å². The largest absolute Gasteiger partial charge is 0.507 e. The second kappa shape index (κ2) is 6.10. The predicted octanol–water partition coefficient (Wildman–Crippen LogP) is 2.90. The number of aromatic hydroxyl groups is 1. The molecule has 0 radical (unpaired) electrons. The average Bonchev–Trinajstić information content (AvgIpc) is 3.05. The number of thioether (sulfide) groups is 1. The van der Waals surface area contributed by atoms with Crippen molar-refractivity contribution in [2.45, 2.75) is 18.6 Å². The summed E-state index contributed by atoms with van der Waals surface area (Å²) in [5.41, 5.74) is 1.29. The van der Waals surface area contributed by atoms with E-state index in [-0.39, 0.29) is 22.0 Å². The lowest BCUT2D eigenvalue weighted by atomic mass is 10.1. The van der Waals surface area contributed by atoms with Crippen LogP contribution in [0.3, 0.4) is 0 Å². The summed E-state index contributed by atoms with van der Waals surface area (Å²) in [5.74, 6) is 0.147. The fourth-order valence-electron chi connectivity index (χ4n) is 2.38. The highest BCUT2D eigenvalue weighted by Gasteiger charge is 2.33. The van der Waals surface area contributed by atoms with Gasteiger partial charge in [0.05, 0.1) is 5.69 Å². The summed E-state index contributed by atoms with van der Waals surface area (Å²) in [6.07, 6.45) is 0.357. The SMILES string of the molecule is CC(=O)SC1CC(=O)N(c2nc(-c3ccccc3O)cs2)C1. The summed E-state index contributed by atoms with van der Waals surface area (Å²) in [6, 6.07) is 6.97. The Kier molecular flexibility index (Phi) is 4.17. The zero-order chi connectivity index (χ0) is 15.7. The molecule has 3 rings (SSSR count). The molecule has 0 bridgehead atoms. The molecule has 114 valence electrons.